The summed E-state index contributed by atoms with van der Waals surface area (Å²) in [6, 6.07) is 39.5. The summed E-state index contributed by atoms with van der Waals surface area (Å²) in [4.78, 5) is 32.1. The van der Waals surface area contributed by atoms with Crippen LogP contribution < -0.4 is 0 Å². The molecule has 0 fully saturated rings. The summed E-state index contributed by atoms with van der Waals surface area (Å²) in [5, 5.41) is 14.2. The minimum atomic E-state index is 0.567. The van der Waals surface area contributed by atoms with Gasteiger partial charge in [0.1, 0.15) is 23.3 Å². The van der Waals surface area contributed by atoms with Gasteiger partial charge in [0, 0.05) is 43.9 Å². The van der Waals surface area contributed by atoms with E-state index >= 15 is 0 Å². The number of hydrogen-bond donors (Lipinski definition) is 0. The number of hydrogen-bond acceptors (Lipinski definition) is 8. The molecule has 0 unspecified atom stereocenters. The van der Waals surface area contributed by atoms with Gasteiger partial charge in [-0.3, -0.25) is 4.99 Å². The lowest BCUT2D eigenvalue weighted by Crippen LogP contribution is -2.06. The largest absolute Gasteiger partial charge is 0.313 e. The van der Waals surface area contributed by atoms with Gasteiger partial charge >= 0.3 is 0 Å². The van der Waals surface area contributed by atoms with E-state index in [1.165, 1.54) is 0 Å². The number of rotatable bonds is 7. The number of aromatic nitrogens is 8. The van der Waals surface area contributed by atoms with Crippen LogP contribution in [0.2, 0.25) is 0 Å². The first kappa shape index (κ1) is 35.1. The minimum Gasteiger partial charge on any atom is -0.313 e. The van der Waals surface area contributed by atoms with Crippen molar-refractivity contribution in [1.29, 1.82) is 5.26 Å². The van der Waals surface area contributed by atoms with Crippen LogP contribution in [-0.2, 0) is 0 Å². The molecule has 0 aliphatic carbocycles. The fraction of sp³-hybridized carbons (Fsp3) is 0.106. The van der Waals surface area contributed by atoms with Crippen molar-refractivity contribution in [2.75, 3.05) is 0 Å². The highest BCUT2D eigenvalue weighted by molar-refractivity contribution is 6.19. The van der Waals surface area contributed by atoms with Gasteiger partial charge in [0.2, 0.25) is 0 Å². The van der Waals surface area contributed by atoms with Crippen molar-refractivity contribution in [2.24, 2.45) is 4.99 Å². The summed E-state index contributed by atoms with van der Waals surface area (Å²) in [6.07, 6.45) is 1.82. The molecule has 0 radical (unpaired) electrons. The Labute approximate surface area is 328 Å². The van der Waals surface area contributed by atoms with Crippen LogP contribution in [0, 0.1) is 39.0 Å². The monoisotopic (exact) mass is 740 g/mol. The van der Waals surface area contributed by atoms with Gasteiger partial charge < -0.3 is 9.13 Å². The van der Waals surface area contributed by atoms with E-state index < -0.39 is 0 Å². The van der Waals surface area contributed by atoms with Crippen LogP contribution in [0.25, 0.3) is 83.4 Å². The Bertz CT molecular complexity index is 3170. The van der Waals surface area contributed by atoms with E-state index in [-0.39, 0.29) is 0 Å². The van der Waals surface area contributed by atoms with E-state index in [0.717, 1.165) is 77.3 Å². The van der Waals surface area contributed by atoms with Gasteiger partial charge in [-0.2, -0.15) is 5.26 Å². The summed E-state index contributed by atoms with van der Waals surface area (Å²) in [6.45, 7) is 13.6. The number of aryl methyl sites for hydroxylation is 4. The summed E-state index contributed by atoms with van der Waals surface area (Å²) in [7, 11) is 0. The number of benzene rings is 5. The first-order valence-electron chi connectivity index (χ1n) is 18.6. The number of fused-ring (bicyclic) bond motifs is 6. The molecule has 274 valence electrons. The second-order valence-corrected chi connectivity index (χ2v) is 14.0. The van der Waals surface area contributed by atoms with Crippen LogP contribution in [0.15, 0.2) is 120 Å². The minimum absolute atomic E-state index is 0.567. The normalized spacial score (nSPS) is 12.4. The zero-order chi connectivity index (χ0) is 39.4. The smallest absolute Gasteiger partial charge is 0.163 e. The maximum absolute atomic E-state index is 9.82. The molecule has 0 saturated carbocycles. The lowest BCUT2D eigenvalue weighted by atomic mass is 9.98. The van der Waals surface area contributed by atoms with Crippen molar-refractivity contribution < 1.29 is 0 Å². The van der Waals surface area contributed by atoms with Crippen LogP contribution in [0.3, 0.4) is 0 Å². The predicted molar refractivity (Wildman–Crippen MR) is 229 cm³/mol. The standard InChI is InChI=1S/C47H36N10/c1-27(56-40-13-9-7-11-36(40)38-21-19-34(23-42(38)56)46-52-28(2)50-29(3)53-46)45(33-17-15-32(25-48)16-18-33)44(26-49-6)57-41-14-10-8-12-37(41)39-22-20-35(24-43(39)57)47-54-30(4)51-31(5)55-47/h7-24,26H,6H2,1-5H3/b44-26+,45-27+. The van der Waals surface area contributed by atoms with E-state index in [9.17, 15) is 5.26 Å². The van der Waals surface area contributed by atoms with E-state index in [1.54, 1.807) is 0 Å². The van der Waals surface area contributed by atoms with Crippen LogP contribution in [0.4, 0.5) is 0 Å². The molecular weight excluding hydrogens is 705 g/mol. The molecule has 9 rings (SSSR count). The zero-order valence-corrected chi connectivity index (χ0v) is 32.1. The SMILES string of the molecule is C=N/C=C(\C(=C(/C)n1c2ccccc2c2ccc(-c3nc(C)nc(C)n3)cc21)c1ccc(C#N)cc1)n1c2ccccc2c2ccc(-c3nc(C)nc(C)n3)cc21. The third-order valence-electron chi connectivity index (χ3n) is 10.3. The number of nitriles is 1. The molecule has 4 aromatic heterocycles. The van der Waals surface area contributed by atoms with Crippen molar-refractivity contribution in [1.82, 2.24) is 39.0 Å². The molecule has 9 aromatic rings. The van der Waals surface area contributed by atoms with Gasteiger partial charge in [0.25, 0.3) is 0 Å². The van der Waals surface area contributed by atoms with Crippen LogP contribution in [0.5, 0.6) is 0 Å². The summed E-state index contributed by atoms with van der Waals surface area (Å²) >= 11 is 0. The van der Waals surface area contributed by atoms with Crippen molar-refractivity contribution in [3.63, 3.8) is 0 Å². The Morgan fingerprint density at radius 2 is 1.04 bits per heavy atom. The molecule has 0 spiro atoms. The number of para-hydroxylation sites is 2. The summed E-state index contributed by atoms with van der Waals surface area (Å²) in [5.41, 5.74) is 9.81. The van der Waals surface area contributed by atoms with E-state index in [1.807, 2.05) is 64.2 Å². The Hall–Kier alpha value is -7.64. The number of nitrogens with zero attached hydrogens (tertiary/aromatic N) is 10. The maximum Gasteiger partial charge on any atom is 0.163 e. The molecule has 0 saturated heterocycles. The van der Waals surface area contributed by atoms with E-state index in [2.05, 4.69) is 123 Å². The molecule has 0 amide bonds. The Balaban J connectivity index is 1.39. The van der Waals surface area contributed by atoms with E-state index in [4.69, 9.17) is 19.9 Å². The second-order valence-electron chi connectivity index (χ2n) is 14.0. The third kappa shape index (κ3) is 6.02. The average Bonchev–Trinajstić information content (AvgIpc) is 3.72. The molecule has 0 atom stereocenters. The molecule has 57 heavy (non-hydrogen) atoms. The number of allylic oxidation sites excluding steroid dienone is 3. The highest BCUT2D eigenvalue weighted by Gasteiger charge is 2.24. The molecule has 0 bridgehead atoms. The first-order chi connectivity index (χ1) is 27.7. The van der Waals surface area contributed by atoms with Crippen molar-refractivity contribution >= 4 is 67.3 Å². The van der Waals surface area contributed by atoms with Crippen LogP contribution >= 0.6 is 0 Å². The second kappa shape index (κ2) is 13.9. The Morgan fingerprint density at radius 1 is 0.579 bits per heavy atom. The molecule has 0 N–H and O–H groups in total. The quantitative estimate of drug-likeness (QED) is 0.118. The fourth-order valence-corrected chi connectivity index (χ4v) is 8.02. The molecule has 0 aliphatic heterocycles. The van der Waals surface area contributed by atoms with E-state index in [0.29, 0.717) is 40.5 Å². The topological polar surface area (TPSA) is 123 Å². The fourth-order valence-electron chi connectivity index (χ4n) is 8.02. The van der Waals surface area contributed by atoms with Crippen molar-refractivity contribution in [3.05, 3.63) is 150 Å². The molecular formula is C47H36N10. The zero-order valence-electron chi connectivity index (χ0n) is 32.1. The Kier molecular flexibility index (Phi) is 8.55. The van der Waals surface area contributed by atoms with Gasteiger partial charge in [-0.05, 0) is 83.3 Å². The lowest BCUT2D eigenvalue weighted by molar-refractivity contribution is 0.928. The molecule has 0 aliphatic rings. The molecule has 10 heteroatoms. The van der Waals surface area contributed by atoms with Crippen LogP contribution in [0.1, 0.15) is 41.3 Å². The van der Waals surface area contributed by atoms with Gasteiger partial charge in [-0.1, -0.05) is 72.8 Å². The lowest BCUT2D eigenvalue weighted by Gasteiger charge is -2.21. The summed E-state index contributed by atoms with van der Waals surface area (Å²) in [5.74, 6) is 3.87. The molecule has 5 aromatic carbocycles. The summed E-state index contributed by atoms with van der Waals surface area (Å²) < 4.78 is 4.55. The van der Waals surface area contributed by atoms with Gasteiger partial charge in [-0.15, -0.1) is 0 Å². The number of aliphatic imine (C=N–C) groups is 1. The Morgan fingerprint density at radius 3 is 1.53 bits per heavy atom. The van der Waals surface area contributed by atoms with Gasteiger partial charge in [0.05, 0.1) is 45.6 Å². The predicted octanol–water partition coefficient (Wildman–Crippen LogP) is 10.3. The molecule has 4 heterocycles. The average molecular weight is 741 g/mol. The van der Waals surface area contributed by atoms with Crippen LogP contribution in [-0.4, -0.2) is 45.8 Å². The van der Waals surface area contributed by atoms with Crippen molar-refractivity contribution in [3.8, 4) is 28.8 Å². The van der Waals surface area contributed by atoms with Crippen molar-refractivity contribution in [2.45, 2.75) is 34.6 Å². The van der Waals surface area contributed by atoms with Gasteiger partial charge in [0.15, 0.2) is 11.6 Å². The first-order valence-corrected chi connectivity index (χ1v) is 18.6. The highest BCUT2D eigenvalue weighted by atomic mass is 15.1. The highest BCUT2D eigenvalue weighted by Crippen LogP contribution is 2.43. The third-order valence-corrected chi connectivity index (χ3v) is 10.3. The van der Waals surface area contributed by atoms with Gasteiger partial charge in [-0.25, -0.2) is 29.9 Å². The maximum atomic E-state index is 9.82. The molecule has 10 nitrogen and oxygen atoms in total.